The van der Waals surface area contributed by atoms with Crippen molar-refractivity contribution >= 4 is 5.97 Å². The molecule has 0 bridgehead atoms. The minimum atomic E-state index is -0.628. The summed E-state index contributed by atoms with van der Waals surface area (Å²) in [5, 5.41) is 8.89. The molecule has 13 heavy (non-hydrogen) atoms. The minimum Gasteiger partial charge on any atom is -0.481 e. The molecule has 0 amide bonds. The summed E-state index contributed by atoms with van der Waals surface area (Å²) in [6, 6.07) is 0.486. The summed E-state index contributed by atoms with van der Waals surface area (Å²) in [5.74, 6) is -0.756. The first kappa shape index (κ1) is 8.97. The molecule has 2 saturated heterocycles. The van der Waals surface area contributed by atoms with Gasteiger partial charge in [0, 0.05) is 32.2 Å². The van der Waals surface area contributed by atoms with Crippen LogP contribution in [0.25, 0.3) is 0 Å². The Bertz CT molecular complexity index is 220. The Morgan fingerprint density at radius 2 is 2.15 bits per heavy atom. The van der Waals surface area contributed by atoms with E-state index in [2.05, 4.69) is 16.8 Å². The van der Waals surface area contributed by atoms with Gasteiger partial charge >= 0.3 is 5.97 Å². The Morgan fingerprint density at radius 1 is 1.38 bits per heavy atom. The van der Waals surface area contributed by atoms with Gasteiger partial charge in [0.2, 0.25) is 0 Å². The first-order valence-corrected chi connectivity index (χ1v) is 4.82. The van der Waals surface area contributed by atoms with Crippen LogP contribution in [0.15, 0.2) is 0 Å². The molecule has 4 heteroatoms. The predicted molar refractivity (Wildman–Crippen MR) is 48.6 cm³/mol. The smallest absolute Gasteiger partial charge is 0.307 e. The average Bonchev–Trinajstić information content (AvgIpc) is 2.46. The van der Waals surface area contributed by atoms with Crippen LogP contribution in [0.1, 0.15) is 6.42 Å². The first-order chi connectivity index (χ1) is 6.16. The van der Waals surface area contributed by atoms with Crippen LogP contribution in [0.2, 0.25) is 0 Å². The van der Waals surface area contributed by atoms with E-state index in [1.807, 2.05) is 0 Å². The van der Waals surface area contributed by atoms with Gasteiger partial charge in [-0.2, -0.15) is 0 Å². The van der Waals surface area contributed by atoms with Crippen molar-refractivity contribution < 1.29 is 9.90 Å². The van der Waals surface area contributed by atoms with Crippen molar-refractivity contribution in [2.24, 2.45) is 5.92 Å². The third-order valence-electron chi connectivity index (χ3n) is 3.17. The lowest BCUT2D eigenvalue weighted by atomic mass is 10.1. The highest BCUT2D eigenvalue weighted by Gasteiger charge is 2.38. The SMILES string of the molecule is CN1CCN2CC(C(=O)O)CC2C1. The molecule has 4 nitrogen and oxygen atoms in total. The topological polar surface area (TPSA) is 43.8 Å². The van der Waals surface area contributed by atoms with Crippen LogP contribution in [0.5, 0.6) is 0 Å². The lowest BCUT2D eigenvalue weighted by Crippen LogP contribution is -2.48. The van der Waals surface area contributed by atoms with Gasteiger partial charge in [-0.05, 0) is 13.5 Å². The zero-order chi connectivity index (χ0) is 9.42. The van der Waals surface area contributed by atoms with Crippen molar-refractivity contribution in [3.8, 4) is 0 Å². The molecular weight excluding hydrogens is 168 g/mol. The van der Waals surface area contributed by atoms with Gasteiger partial charge < -0.3 is 10.0 Å². The monoisotopic (exact) mass is 184 g/mol. The standard InChI is InChI=1S/C9H16N2O2/c1-10-2-3-11-5-7(9(12)13)4-8(11)6-10/h7-8H,2-6H2,1H3,(H,12,13). The summed E-state index contributed by atoms with van der Waals surface area (Å²) >= 11 is 0. The number of likely N-dealkylation sites (N-methyl/N-ethyl adjacent to an activating group) is 1. The number of hydrogen-bond donors (Lipinski definition) is 1. The fourth-order valence-electron chi connectivity index (χ4n) is 2.38. The lowest BCUT2D eigenvalue weighted by molar-refractivity contribution is -0.141. The number of fused-ring (bicyclic) bond motifs is 1. The van der Waals surface area contributed by atoms with Crippen LogP contribution in [0, 0.1) is 5.92 Å². The number of nitrogens with zero attached hydrogens (tertiary/aromatic N) is 2. The summed E-state index contributed by atoms with van der Waals surface area (Å²) in [6.45, 7) is 3.89. The number of carboxylic acids is 1. The van der Waals surface area contributed by atoms with E-state index in [-0.39, 0.29) is 5.92 Å². The van der Waals surface area contributed by atoms with E-state index in [0.29, 0.717) is 6.04 Å². The quantitative estimate of drug-likeness (QED) is 0.608. The third-order valence-corrected chi connectivity index (χ3v) is 3.17. The van der Waals surface area contributed by atoms with E-state index < -0.39 is 5.97 Å². The molecule has 0 aromatic rings. The summed E-state index contributed by atoms with van der Waals surface area (Å²) in [5.41, 5.74) is 0. The molecule has 1 N–H and O–H groups in total. The molecule has 2 heterocycles. The molecule has 2 aliphatic heterocycles. The Balaban J connectivity index is 1.98. The maximum absolute atomic E-state index is 10.8. The largest absolute Gasteiger partial charge is 0.481 e. The number of aliphatic carboxylic acids is 1. The van der Waals surface area contributed by atoms with Gasteiger partial charge in [-0.1, -0.05) is 0 Å². The first-order valence-electron chi connectivity index (χ1n) is 4.82. The molecule has 0 aromatic carbocycles. The van der Waals surface area contributed by atoms with Crippen molar-refractivity contribution in [3.63, 3.8) is 0 Å². The summed E-state index contributed by atoms with van der Waals surface area (Å²) in [6.07, 6.45) is 0.833. The Kier molecular flexibility index (Phi) is 2.26. The molecule has 2 rings (SSSR count). The fraction of sp³-hybridized carbons (Fsp3) is 0.889. The zero-order valence-electron chi connectivity index (χ0n) is 7.94. The van der Waals surface area contributed by atoms with Crippen molar-refractivity contribution in [2.45, 2.75) is 12.5 Å². The highest BCUT2D eigenvalue weighted by Crippen LogP contribution is 2.25. The highest BCUT2D eigenvalue weighted by molar-refractivity contribution is 5.70. The van der Waals surface area contributed by atoms with E-state index in [0.717, 1.165) is 32.6 Å². The second kappa shape index (κ2) is 3.27. The number of hydrogen-bond acceptors (Lipinski definition) is 3. The van der Waals surface area contributed by atoms with Crippen molar-refractivity contribution in [1.82, 2.24) is 9.80 Å². The Hall–Kier alpha value is -0.610. The number of carbonyl (C=O) groups is 1. The molecule has 0 radical (unpaired) electrons. The highest BCUT2D eigenvalue weighted by atomic mass is 16.4. The predicted octanol–water partition coefficient (Wildman–Crippen LogP) is -0.293. The summed E-state index contributed by atoms with van der Waals surface area (Å²) in [7, 11) is 2.10. The number of rotatable bonds is 1. The number of piperazine rings is 1. The Labute approximate surface area is 78.1 Å². The minimum absolute atomic E-state index is 0.128. The molecule has 0 aromatic heterocycles. The second-order valence-corrected chi connectivity index (χ2v) is 4.18. The molecule has 2 unspecified atom stereocenters. The van der Waals surface area contributed by atoms with E-state index in [1.165, 1.54) is 0 Å². The lowest BCUT2D eigenvalue weighted by Gasteiger charge is -2.35. The van der Waals surface area contributed by atoms with E-state index in [1.54, 1.807) is 0 Å². The van der Waals surface area contributed by atoms with Gasteiger partial charge in [0.05, 0.1) is 5.92 Å². The van der Waals surface area contributed by atoms with Crippen LogP contribution in [-0.2, 0) is 4.79 Å². The van der Waals surface area contributed by atoms with Gasteiger partial charge in [-0.3, -0.25) is 9.69 Å². The third kappa shape index (κ3) is 1.69. The van der Waals surface area contributed by atoms with Crippen LogP contribution >= 0.6 is 0 Å². The van der Waals surface area contributed by atoms with Gasteiger partial charge in [0.15, 0.2) is 0 Å². The Morgan fingerprint density at radius 3 is 2.85 bits per heavy atom. The van der Waals surface area contributed by atoms with Gasteiger partial charge in [-0.15, -0.1) is 0 Å². The van der Waals surface area contributed by atoms with Crippen LogP contribution in [0.3, 0.4) is 0 Å². The van der Waals surface area contributed by atoms with Crippen molar-refractivity contribution in [3.05, 3.63) is 0 Å². The van der Waals surface area contributed by atoms with Gasteiger partial charge in [0.1, 0.15) is 0 Å². The van der Waals surface area contributed by atoms with Crippen LogP contribution in [-0.4, -0.2) is 60.1 Å². The number of carboxylic acid groups (broad SMARTS) is 1. The van der Waals surface area contributed by atoms with Gasteiger partial charge in [-0.25, -0.2) is 0 Å². The molecule has 2 atom stereocenters. The molecule has 0 spiro atoms. The molecular formula is C9H16N2O2. The van der Waals surface area contributed by atoms with Crippen LogP contribution in [0.4, 0.5) is 0 Å². The molecule has 0 saturated carbocycles. The maximum atomic E-state index is 10.8. The second-order valence-electron chi connectivity index (χ2n) is 4.18. The molecule has 0 aliphatic carbocycles. The summed E-state index contributed by atoms with van der Waals surface area (Å²) < 4.78 is 0. The van der Waals surface area contributed by atoms with E-state index in [4.69, 9.17) is 5.11 Å². The molecule has 74 valence electrons. The van der Waals surface area contributed by atoms with Crippen molar-refractivity contribution in [1.29, 1.82) is 0 Å². The van der Waals surface area contributed by atoms with Crippen LogP contribution < -0.4 is 0 Å². The maximum Gasteiger partial charge on any atom is 0.307 e. The van der Waals surface area contributed by atoms with E-state index in [9.17, 15) is 4.79 Å². The molecule has 2 fully saturated rings. The normalized spacial score (nSPS) is 36.1. The molecule has 2 aliphatic rings. The van der Waals surface area contributed by atoms with Crippen molar-refractivity contribution in [2.75, 3.05) is 33.2 Å². The zero-order valence-corrected chi connectivity index (χ0v) is 7.94. The fourth-order valence-corrected chi connectivity index (χ4v) is 2.38. The van der Waals surface area contributed by atoms with E-state index >= 15 is 0 Å². The summed E-state index contributed by atoms with van der Waals surface area (Å²) in [4.78, 5) is 15.4. The average molecular weight is 184 g/mol. The van der Waals surface area contributed by atoms with Gasteiger partial charge in [0.25, 0.3) is 0 Å².